The second-order valence-electron chi connectivity index (χ2n) is 6.09. The number of rotatable bonds is 5. The van der Waals surface area contributed by atoms with Gasteiger partial charge in [0.15, 0.2) is 0 Å². The smallest absolute Gasteiger partial charge is 0.406 e. The lowest BCUT2D eigenvalue weighted by Crippen LogP contribution is -2.39. The molecule has 10 heteroatoms. The SMILES string of the molecule is O=S(=O)(c1ccc(OC(F)(F)F)cc1)N1CCC(Cn2cccn2)CC1. The molecule has 1 aliphatic heterocycles. The van der Waals surface area contributed by atoms with E-state index in [9.17, 15) is 21.6 Å². The van der Waals surface area contributed by atoms with Gasteiger partial charge in [-0.2, -0.15) is 9.40 Å². The lowest BCUT2D eigenvalue weighted by Gasteiger charge is -2.31. The van der Waals surface area contributed by atoms with Gasteiger partial charge in [-0.25, -0.2) is 8.42 Å². The molecule has 0 aliphatic carbocycles. The number of nitrogens with zero attached hydrogens (tertiary/aromatic N) is 3. The molecule has 142 valence electrons. The van der Waals surface area contributed by atoms with Gasteiger partial charge in [-0.1, -0.05) is 0 Å². The number of hydrogen-bond donors (Lipinski definition) is 0. The van der Waals surface area contributed by atoms with Crippen LogP contribution in [0.15, 0.2) is 47.6 Å². The number of benzene rings is 1. The van der Waals surface area contributed by atoms with Crippen LogP contribution in [0.25, 0.3) is 0 Å². The number of sulfonamides is 1. The molecule has 1 saturated heterocycles. The van der Waals surface area contributed by atoms with Gasteiger partial charge in [0.1, 0.15) is 5.75 Å². The molecule has 3 rings (SSSR count). The zero-order chi connectivity index (χ0) is 18.8. The normalized spacial score (nSPS) is 17.3. The highest BCUT2D eigenvalue weighted by Gasteiger charge is 2.32. The van der Waals surface area contributed by atoms with Crippen molar-refractivity contribution in [3.8, 4) is 5.75 Å². The van der Waals surface area contributed by atoms with Crippen LogP contribution < -0.4 is 4.74 Å². The Labute approximate surface area is 149 Å². The average molecular weight is 389 g/mol. The van der Waals surface area contributed by atoms with Crippen molar-refractivity contribution in [2.24, 2.45) is 5.92 Å². The molecule has 0 atom stereocenters. The molecule has 0 radical (unpaired) electrons. The van der Waals surface area contributed by atoms with Crippen molar-refractivity contribution in [1.29, 1.82) is 0 Å². The summed E-state index contributed by atoms with van der Waals surface area (Å²) >= 11 is 0. The Morgan fingerprint density at radius 2 is 1.81 bits per heavy atom. The predicted octanol–water partition coefficient (Wildman–Crippen LogP) is 2.88. The maximum atomic E-state index is 12.7. The summed E-state index contributed by atoms with van der Waals surface area (Å²) in [4.78, 5) is -0.0439. The van der Waals surface area contributed by atoms with Crippen molar-refractivity contribution in [3.05, 3.63) is 42.7 Å². The van der Waals surface area contributed by atoms with Crippen LogP contribution in [0.4, 0.5) is 13.2 Å². The summed E-state index contributed by atoms with van der Waals surface area (Å²) in [5.74, 6) is -0.113. The molecular formula is C16H18F3N3O3S. The Balaban J connectivity index is 1.62. The van der Waals surface area contributed by atoms with Gasteiger partial charge in [0.05, 0.1) is 4.90 Å². The second kappa shape index (κ2) is 7.28. The first-order valence-electron chi connectivity index (χ1n) is 8.07. The Morgan fingerprint density at radius 1 is 1.15 bits per heavy atom. The van der Waals surface area contributed by atoms with E-state index in [1.807, 2.05) is 16.9 Å². The highest BCUT2D eigenvalue weighted by Crippen LogP contribution is 2.27. The molecule has 0 spiro atoms. The second-order valence-corrected chi connectivity index (χ2v) is 8.03. The summed E-state index contributed by atoms with van der Waals surface area (Å²) in [6.07, 6.45) is 0.166. The third-order valence-electron chi connectivity index (χ3n) is 4.27. The molecule has 26 heavy (non-hydrogen) atoms. The van der Waals surface area contributed by atoms with E-state index in [2.05, 4.69) is 9.84 Å². The maximum Gasteiger partial charge on any atom is 0.573 e. The van der Waals surface area contributed by atoms with Crippen LogP contribution in [0, 0.1) is 5.92 Å². The van der Waals surface area contributed by atoms with Gasteiger partial charge in [0, 0.05) is 32.0 Å². The van der Waals surface area contributed by atoms with Crippen LogP contribution in [0.5, 0.6) is 5.75 Å². The number of hydrogen-bond acceptors (Lipinski definition) is 4. The zero-order valence-electron chi connectivity index (χ0n) is 13.8. The van der Waals surface area contributed by atoms with E-state index in [4.69, 9.17) is 0 Å². The van der Waals surface area contributed by atoms with E-state index in [-0.39, 0.29) is 4.90 Å². The van der Waals surface area contributed by atoms with E-state index in [0.717, 1.165) is 30.8 Å². The lowest BCUT2D eigenvalue weighted by molar-refractivity contribution is -0.274. The lowest BCUT2D eigenvalue weighted by atomic mass is 9.98. The van der Waals surface area contributed by atoms with Gasteiger partial charge in [0.2, 0.25) is 10.0 Å². The Morgan fingerprint density at radius 3 is 2.35 bits per heavy atom. The molecule has 1 aromatic heterocycles. The van der Waals surface area contributed by atoms with Crippen LogP contribution in [0.3, 0.4) is 0 Å². The Hall–Kier alpha value is -2.07. The van der Waals surface area contributed by atoms with E-state index in [1.54, 1.807) is 6.20 Å². The van der Waals surface area contributed by atoms with Crippen molar-refractivity contribution in [1.82, 2.24) is 14.1 Å². The van der Waals surface area contributed by atoms with Gasteiger partial charge in [-0.15, -0.1) is 13.2 Å². The summed E-state index contributed by atoms with van der Waals surface area (Å²) in [5, 5.41) is 4.15. The minimum absolute atomic E-state index is 0.0439. The number of piperidine rings is 1. The van der Waals surface area contributed by atoms with Gasteiger partial charge in [-0.3, -0.25) is 4.68 Å². The first-order valence-corrected chi connectivity index (χ1v) is 9.51. The molecule has 0 bridgehead atoms. The minimum Gasteiger partial charge on any atom is -0.406 e. The van der Waals surface area contributed by atoms with Gasteiger partial charge in [-0.05, 0) is 49.1 Å². The molecular weight excluding hydrogens is 371 g/mol. The van der Waals surface area contributed by atoms with Crippen LogP contribution >= 0.6 is 0 Å². The van der Waals surface area contributed by atoms with E-state index < -0.39 is 22.1 Å². The first kappa shape index (κ1) is 18.7. The van der Waals surface area contributed by atoms with Crippen molar-refractivity contribution >= 4 is 10.0 Å². The number of halogens is 3. The van der Waals surface area contributed by atoms with Crippen LogP contribution in [-0.2, 0) is 16.6 Å². The summed E-state index contributed by atoms with van der Waals surface area (Å²) in [5.41, 5.74) is 0. The molecule has 2 aromatic rings. The van der Waals surface area contributed by atoms with Crippen molar-refractivity contribution in [2.75, 3.05) is 13.1 Å². The molecule has 6 nitrogen and oxygen atoms in total. The first-order chi connectivity index (χ1) is 12.2. The third-order valence-corrected chi connectivity index (χ3v) is 6.19. The maximum absolute atomic E-state index is 12.7. The van der Waals surface area contributed by atoms with Crippen LogP contribution in [-0.4, -0.2) is 42.0 Å². The summed E-state index contributed by atoms with van der Waals surface area (Å²) in [7, 11) is -3.73. The monoisotopic (exact) mass is 389 g/mol. The minimum atomic E-state index is -4.81. The van der Waals surface area contributed by atoms with E-state index in [1.165, 1.54) is 4.31 Å². The highest BCUT2D eigenvalue weighted by atomic mass is 32.2. The molecule has 0 amide bonds. The molecule has 0 saturated carbocycles. The quantitative estimate of drug-likeness (QED) is 0.789. The van der Waals surface area contributed by atoms with Crippen molar-refractivity contribution in [2.45, 2.75) is 30.6 Å². The fourth-order valence-corrected chi connectivity index (χ4v) is 4.44. The van der Waals surface area contributed by atoms with Crippen LogP contribution in [0.2, 0.25) is 0 Å². The molecule has 1 fully saturated rings. The zero-order valence-corrected chi connectivity index (χ0v) is 14.6. The predicted molar refractivity (Wildman–Crippen MR) is 86.8 cm³/mol. The average Bonchev–Trinajstić information content (AvgIpc) is 3.07. The van der Waals surface area contributed by atoms with Crippen molar-refractivity contribution in [3.63, 3.8) is 0 Å². The van der Waals surface area contributed by atoms with Gasteiger partial charge in [0.25, 0.3) is 0 Å². The van der Waals surface area contributed by atoms with Crippen LogP contribution in [0.1, 0.15) is 12.8 Å². The number of ether oxygens (including phenoxy) is 1. The standard InChI is InChI=1S/C16H18F3N3O3S/c17-16(18,19)25-14-2-4-15(5-3-14)26(23,24)22-10-6-13(7-11-22)12-21-9-1-8-20-21/h1-5,8-9,13H,6-7,10-12H2. The molecule has 1 aliphatic rings. The fourth-order valence-electron chi connectivity index (χ4n) is 2.97. The van der Waals surface area contributed by atoms with Gasteiger partial charge < -0.3 is 4.74 Å². The number of aromatic nitrogens is 2. The highest BCUT2D eigenvalue weighted by molar-refractivity contribution is 7.89. The molecule has 1 aromatic carbocycles. The Kier molecular flexibility index (Phi) is 5.24. The number of alkyl halides is 3. The largest absolute Gasteiger partial charge is 0.573 e. The fraction of sp³-hybridized carbons (Fsp3) is 0.438. The molecule has 0 N–H and O–H groups in total. The summed E-state index contributed by atoms with van der Waals surface area (Å²) < 4.78 is 68.8. The summed E-state index contributed by atoms with van der Waals surface area (Å²) in [6, 6.07) is 6.11. The van der Waals surface area contributed by atoms with E-state index in [0.29, 0.717) is 31.8 Å². The molecule has 2 heterocycles. The Bertz CT molecular complexity index is 813. The van der Waals surface area contributed by atoms with Crippen molar-refractivity contribution < 1.29 is 26.3 Å². The van der Waals surface area contributed by atoms with Gasteiger partial charge >= 0.3 is 6.36 Å². The third kappa shape index (κ3) is 4.55. The molecule has 0 unspecified atom stereocenters. The topological polar surface area (TPSA) is 64.4 Å². The summed E-state index contributed by atoms with van der Waals surface area (Å²) in [6.45, 7) is 1.48. The van der Waals surface area contributed by atoms with E-state index >= 15 is 0 Å².